The van der Waals surface area contributed by atoms with Gasteiger partial charge in [0, 0.05) is 20.1 Å². The van der Waals surface area contributed by atoms with Crippen LogP contribution < -0.4 is 4.31 Å². The predicted molar refractivity (Wildman–Crippen MR) is 71.5 cm³/mol. The molecule has 1 fully saturated rings. The van der Waals surface area contributed by atoms with E-state index in [1.54, 1.807) is 0 Å². The van der Waals surface area contributed by atoms with Crippen molar-refractivity contribution in [3.05, 3.63) is 29.6 Å². The van der Waals surface area contributed by atoms with Gasteiger partial charge in [0.1, 0.15) is 5.82 Å². The van der Waals surface area contributed by atoms with Crippen LogP contribution in [0.15, 0.2) is 18.2 Å². The second-order valence-corrected chi connectivity index (χ2v) is 6.51. The van der Waals surface area contributed by atoms with Crippen LogP contribution in [0, 0.1) is 5.82 Å². The Labute approximate surface area is 116 Å². The highest BCUT2D eigenvalue weighted by Gasteiger charge is 2.30. The van der Waals surface area contributed by atoms with Gasteiger partial charge in [-0.1, -0.05) is 0 Å². The Morgan fingerprint density at radius 3 is 2.45 bits per heavy atom. The highest BCUT2D eigenvalue weighted by molar-refractivity contribution is 7.90. The fourth-order valence-corrected chi connectivity index (χ4v) is 3.57. The Kier molecular flexibility index (Phi) is 3.96. The van der Waals surface area contributed by atoms with E-state index in [1.165, 1.54) is 17.4 Å². The summed E-state index contributed by atoms with van der Waals surface area (Å²) in [6.45, 7) is 0.836. The van der Waals surface area contributed by atoms with Gasteiger partial charge in [-0.3, -0.25) is 4.31 Å². The van der Waals surface area contributed by atoms with E-state index in [2.05, 4.69) is 0 Å². The molecule has 0 aromatic heterocycles. The molecule has 0 unspecified atom stereocenters. The molecule has 1 saturated heterocycles. The van der Waals surface area contributed by atoms with E-state index < -0.39 is 22.0 Å². The Morgan fingerprint density at radius 1 is 1.35 bits per heavy atom. The summed E-state index contributed by atoms with van der Waals surface area (Å²) in [5.41, 5.74) is -0.389. The van der Waals surface area contributed by atoms with Crippen LogP contribution in [0.3, 0.4) is 0 Å². The van der Waals surface area contributed by atoms with Crippen molar-refractivity contribution in [3.8, 4) is 0 Å². The molecular weight excluding hydrogens is 287 g/mol. The maximum absolute atomic E-state index is 13.9. The third-order valence-electron chi connectivity index (χ3n) is 3.27. The molecule has 0 amide bonds. The molecule has 1 aromatic rings. The zero-order valence-electron chi connectivity index (χ0n) is 10.9. The Balaban J connectivity index is 2.33. The van der Waals surface area contributed by atoms with Crippen molar-refractivity contribution in [1.29, 1.82) is 0 Å². The number of nitrogens with zero attached hydrogens (tertiary/aromatic N) is 2. The van der Waals surface area contributed by atoms with Crippen molar-refractivity contribution in [2.24, 2.45) is 0 Å². The van der Waals surface area contributed by atoms with Crippen LogP contribution in [0.5, 0.6) is 0 Å². The summed E-state index contributed by atoms with van der Waals surface area (Å²) < 4.78 is 40.6. The van der Waals surface area contributed by atoms with Crippen LogP contribution in [-0.4, -0.2) is 43.9 Å². The fourth-order valence-electron chi connectivity index (χ4n) is 2.11. The van der Waals surface area contributed by atoms with Gasteiger partial charge in [0.05, 0.1) is 11.3 Å². The molecule has 0 atom stereocenters. The summed E-state index contributed by atoms with van der Waals surface area (Å²) in [5, 5.41) is 8.76. The first-order valence-corrected chi connectivity index (χ1v) is 7.50. The molecule has 0 saturated carbocycles. The van der Waals surface area contributed by atoms with Crippen LogP contribution >= 0.6 is 0 Å². The number of anilines is 1. The van der Waals surface area contributed by atoms with Gasteiger partial charge in [0.25, 0.3) is 0 Å². The first-order valence-electron chi connectivity index (χ1n) is 6.11. The van der Waals surface area contributed by atoms with Crippen molar-refractivity contribution in [2.45, 2.75) is 12.8 Å². The number of halogens is 1. The largest absolute Gasteiger partial charge is 0.478 e. The van der Waals surface area contributed by atoms with Crippen LogP contribution in [0.2, 0.25) is 0 Å². The van der Waals surface area contributed by atoms with E-state index in [1.807, 2.05) is 0 Å². The molecule has 0 aliphatic carbocycles. The minimum Gasteiger partial charge on any atom is -0.478 e. The monoisotopic (exact) mass is 302 g/mol. The van der Waals surface area contributed by atoms with E-state index in [0.717, 1.165) is 29.3 Å². The lowest BCUT2D eigenvalue weighted by atomic mass is 10.2. The second kappa shape index (κ2) is 5.37. The third kappa shape index (κ3) is 2.61. The van der Waals surface area contributed by atoms with Gasteiger partial charge in [0.15, 0.2) is 0 Å². The average molecular weight is 302 g/mol. The van der Waals surface area contributed by atoms with Gasteiger partial charge in [-0.15, -0.1) is 0 Å². The molecule has 20 heavy (non-hydrogen) atoms. The third-order valence-corrected chi connectivity index (χ3v) is 5.18. The van der Waals surface area contributed by atoms with Gasteiger partial charge >= 0.3 is 16.2 Å². The first kappa shape index (κ1) is 14.7. The van der Waals surface area contributed by atoms with E-state index in [-0.39, 0.29) is 11.3 Å². The van der Waals surface area contributed by atoms with E-state index in [0.29, 0.717) is 13.1 Å². The Hall–Kier alpha value is -1.67. The lowest BCUT2D eigenvalue weighted by Gasteiger charge is -2.25. The molecule has 0 bridgehead atoms. The summed E-state index contributed by atoms with van der Waals surface area (Å²) in [5.74, 6) is -2.14. The summed E-state index contributed by atoms with van der Waals surface area (Å²) >= 11 is 0. The molecule has 1 aliphatic heterocycles. The minimum atomic E-state index is -3.77. The van der Waals surface area contributed by atoms with Crippen molar-refractivity contribution in [1.82, 2.24) is 4.31 Å². The van der Waals surface area contributed by atoms with Crippen LogP contribution in [0.25, 0.3) is 0 Å². The zero-order valence-corrected chi connectivity index (χ0v) is 11.7. The quantitative estimate of drug-likeness (QED) is 0.909. The number of aromatic carboxylic acids is 1. The number of benzene rings is 1. The molecule has 1 aromatic carbocycles. The number of carboxylic acid groups (broad SMARTS) is 1. The second-order valence-electron chi connectivity index (χ2n) is 4.55. The van der Waals surface area contributed by atoms with Gasteiger partial charge in [-0.25, -0.2) is 9.18 Å². The molecule has 6 nitrogen and oxygen atoms in total. The molecule has 1 N–H and O–H groups in total. The maximum Gasteiger partial charge on any atom is 0.335 e. The van der Waals surface area contributed by atoms with Crippen molar-refractivity contribution >= 4 is 21.9 Å². The SMILES string of the molecule is CN(c1ccc(C(=O)O)cc1F)S(=O)(=O)N1CCCC1. The van der Waals surface area contributed by atoms with Gasteiger partial charge in [-0.05, 0) is 31.0 Å². The zero-order chi connectivity index (χ0) is 14.9. The molecule has 110 valence electrons. The first-order chi connectivity index (χ1) is 9.34. The lowest BCUT2D eigenvalue weighted by Crippen LogP contribution is -2.40. The minimum absolute atomic E-state index is 0.165. The molecule has 0 spiro atoms. The molecule has 1 aliphatic rings. The predicted octanol–water partition coefficient (Wildman–Crippen LogP) is 1.30. The van der Waals surface area contributed by atoms with Crippen molar-refractivity contribution < 1.29 is 22.7 Å². The smallest absolute Gasteiger partial charge is 0.335 e. The number of carbonyl (C=O) groups is 1. The molecule has 0 radical (unpaired) electrons. The number of rotatable bonds is 4. The van der Waals surface area contributed by atoms with Gasteiger partial charge < -0.3 is 5.11 Å². The lowest BCUT2D eigenvalue weighted by molar-refractivity contribution is 0.0696. The van der Waals surface area contributed by atoms with Crippen LogP contribution in [0.4, 0.5) is 10.1 Å². The molecule has 8 heteroatoms. The Morgan fingerprint density at radius 2 is 1.95 bits per heavy atom. The topological polar surface area (TPSA) is 77.9 Å². The molecule has 2 rings (SSSR count). The van der Waals surface area contributed by atoms with Gasteiger partial charge in [0.2, 0.25) is 0 Å². The number of hydrogen-bond donors (Lipinski definition) is 1. The number of carboxylic acids is 1. The van der Waals surface area contributed by atoms with Crippen LogP contribution in [0.1, 0.15) is 23.2 Å². The normalized spacial score (nSPS) is 16.3. The molecular formula is C12H15FN2O4S. The fraction of sp³-hybridized carbons (Fsp3) is 0.417. The van der Waals surface area contributed by atoms with Gasteiger partial charge in [-0.2, -0.15) is 12.7 Å². The molecule has 1 heterocycles. The highest BCUT2D eigenvalue weighted by atomic mass is 32.2. The van der Waals surface area contributed by atoms with E-state index in [4.69, 9.17) is 5.11 Å². The summed E-state index contributed by atoms with van der Waals surface area (Å²) in [4.78, 5) is 10.7. The average Bonchev–Trinajstić information content (AvgIpc) is 2.92. The van der Waals surface area contributed by atoms with E-state index in [9.17, 15) is 17.6 Å². The van der Waals surface area contributed by atoms with Crippen molar-refractivity contribution in [3.63, 3.8) is 0 Å². The maximum atomic E-state index is 13.9. The highest BCUT2D eigenvalue weighted by Crippen LogP contribution is 2.25. The van der Waals surface area contributed by atoms with Crippen LogP contribution in [-0.2, 0) is 10.2 Å². The summed E-state index contributed by atoms with van der Waals surface area (Å²) in [6, 6.07) is 3.15. The summed E-state index contributed by atoms with van der Waals surface area (Å²) in [7, 11) is -2.51. The summed E-state index contributed by atoms with van der Waals surface area (Å²) in [6.07, 6.45) is 1.57. The standard InChI is InChI=1S/C12H15FN2O4S/c1-14(20(18,19)15-6-2-3-7-15)11-5-4-9(12(16)17)8-10(11)13/h4-5,8H,2-3,6-7H2,1H3,(H,16,17). The van der Waals surface area contributed by atoms with Crippen molar-refractivity contribution in [2.75, 3.05) is 24.4 Å². The Bertz CT molecular complexity index is 626. The van der Waals surface area contributed by atoms with E-state index >= 15 is 0 Å². The number of hydrogen-bond acceptors (Lipinski definition) is 3.